The summed E-state index contributed by atoms with van der Waals surface area (Å²) in [5, 5.41) is 22.0. The number of halogens is 1. The molecule has 0 bridgehead atoms. The summed E-state index contributed by atoms with van der Waals surface area (Å²) in [5.74, 6) is 0.548. The maximum Gasteiger partial charge on any atom is 0.173 e. The fourth-order valence-electron chi connectivity index (χ4n) is 2.50. The van der Waals surface area contributed by atoms with Crippen LogP contribution in [0.25, 0.3) is 11.2 Å². The Kier molecular flexibility index (Phi) is 3.94. The van der Waals surface area contributed by atoms with Crippen molar-refractivity contribution < 1.29 is 19.3 Å². The van der Waals surface area contributed by atoms with Crippen LogP contribution in [0.5, 0.6) is 0 Å². The number of fused-ring (bicyclic) bond motifs is 1. The fourth-order valence-corrected chi connectivity index (χ4v) is 2.50. The number of nitrogens with one attached hydrogen (secondary N) is 1. The zero-order valence-corrected chi connectivity index (χ0v) is 12.2. The molecule has 120 valence electrons. The van der Waals surface area contributed by atoms with Gasteiger partial charge in [-0.15, -0.1) is 0 Å². The van der Waals surface area contributed by atoms with Crippen molar-refractivity contribution in [3.8, 4) is 0 Å². The number of aromatic nitrogens is 4. The number of aliphatic hydroxyl groups excluding tert-OH is 2. The van der Waals surface area contributed by atoms with Crippen molar-refractivity contribution in [2.24, 2.45) is 0 Å². The molecular weight excluding hydrogens is 293 g/mol. The van der Waals surface area contributed by atoms with Crippen LogP contribution in [0, 0.1) is 0 Å². The van der Waals surface area contributed by atoms with Crippen LogP contribution in [0.4, 0.5) is 10.2 Å². The SMILES string of the molecule is CC(C)Nc1ncnc2c1ncn2C1O[C@H](CO)C(O)C1F. The van der Waals surface area contributed by atoms with Crippen molar-refractivity contribution in [3.05, 3.63) is 12.7 Å². The highest BCUT2D eigenvalue weighted by Crippen LogP contribution is 2.34. The number of aliphatic hydroxyl groups is 2. The number of alkyl halides is 1. The monoisotopic (exact) mass is 311 g/mol. The van der Waals surface area contributed by atoms with E-state index in [4.69, 9.17) is 9.84 Å². The summed E-state index contributed by atoms with van der Waals surface area (Å²) in [4.78, 5) is 12.5. The Bertz CT molecular complexity index is 664. The number of ether oxygens (including phenoxy) is 1. The van der Waals surface area contributed by atoms with Crippen LogP contribution in [-0.4, -0.2) is 60.8 Å². The third-order valence-corrected chi connectivity index (χ3v) is 3.53. The summed E-state index contributed by atoms with van der Waals surface area (Å²) >= 11 is 0. The molecule has 0 aliphatic carbocycles. The molecule has 1 saturated heterocycles. The van der Waals surface area contributed by atoms with Crippen LogP contribution in [0.3, 0.4) is 0 Å². The Morgan fingerprint density at radius 1 is 1.41 bits per heavy atom. The van der Waals surface area contributed by atoms with Gasteiger partial charge < -0.3 is 20.3 Å². The molecule has 4 atom stereocenters. The molecule has 8 nitrogen and oxygen atoms in total. The lowest BCUT2D eigenvalue weighted by Gasteiger charge is -2.15. The molecule has 0 saturated carbocycles. The van der Waals surface area contributed by atoms with E-state index in [1.54, 1.807) is 0 Å². The first-order chi connectivity index (χ1) is 10.5. The lowest BCUT2D eigenvalue weighted by molar-refractivity contribution is -0.0459. The van der Waals surface area contributed by atoms with Crippen LogP contribution in [-0.2, 0) is 4.74 Å². The van der Waals surface area contributed by atoms with Gasteiger partial charge in [0.25, 0.3) is 0 Å². The van der Waals surface area contributed by atoms with Gasteiger partial charge in [-0.1, -0.05) is 0 Å². The highest BCUT2D eigenvalue weighted by atomic mass is 19.1. The lowest BCUT2D eigenvalue weighted by Crippen LogP contribution is -2.30. The van der Waals surface area contributed by atoms with E-state index in [0.29, 0.717) is 17.0 Å². The van der Waals surface area contributed by atoms with E-state index in [9.17, 15) is 9.50 Å². The number of anilines is 1. The van der Waals surface area contributed by atoms with Gasteiger partial charge in [-0.25, -0.2) is 19.3 Å². The number of nitrogens with zero attached hydrogens (tertiary/aromatic N) is 4. The van der Waals surface area contributed by atoms with Crippen LogP contribution in [0.15, 0.2) is 12.7 Å². The molecule has 1 fully saturated rings. The molecule has 2 aromatic heterocycles. The Labute approximate surface area is 126 Å². The minimum Gasteiger partial charge on any atom is -0.394 e. The Morgan fingerprint density at radius 2 is 2.18 bits per heavy atom. The summed E-state index contributed by atoms with van der Waals surface area (Å²) in [6.07, 6.45) is -2.36. The predicted octanol–water partition coefficient (Wildman–Crippen LogP) is 0.235. The zero-order chi connectivity index (χ0) is 15.9. The van der Waals surface area contributed by atoms with Gasteiger partial charge in [-0.3, -0.25) is 4.57 Å². The quantitative estimate of drug-likeness (QED) is 0.742. The van der Waals surface area contributed by atoms with Gasteiger partial charge in [-0.05, 0) is 13.8 Å². The Hall–Kier alpha value is -1.84. The maximum atomic E-state index is 14.2. The van der Waals surface area contributed by atoms with Crippen molar-refractivity contribution >= 4 is 17.0 Å². The van der Waals surface area contributed by atoms with Gasteiger partial charge >= 0.3 is 0 Å². The minimum atomic E-state index is -1.67. The second kappa shape index (κ2) is 5.75. The molecule has 3 heterocycles. The second-order valence-corrected chi connectivity index (χ2v) is 5.53. The van der Waals surface area contributed by atoms with E-state index in [-0.39, 0.29) is 6.04 Å². The van der Waals surface area contributed by atoms with Crippen LogP contribution in [0.2, 0.25) is 0 Å². The van der Waals surface area contributed by atoms with Crippen LogP contribution < -0.4 is 5.32 Å². The molecule has 22 heavy (non-hydrogen) atoms. The first-order valence-corrected chi connectivity index (χ1v) is 7.05. The van der Waals surface area contributed by atoms with Crippen LogP contribution in [0.1, 0.15) is 20.1 Å². The summed E-state index contributed by atoms with van der Waals surface area (Å²) in [6.45, 7) is 3.47. The number of hydrogen-bond donors (Lipinski definition) is 3. The van der Waals surface area contributed by atoms with E-state index in [1.165, 1.54) is 17.2 Å². The topological polar surface area (TPSA) is 105 Å². The summed E-state index contributed by atoms with van der Waals surface area (Å²) in [5.41, 5.74) is 0.894. The van der Waals surface area contributed by atoms with Crippen molar-refractivity contribution in [3.63, 3.8) is 0 Å². The van der Waals surface area contributed by atoms with Gasteiger partial charge in [0.05, 0.1) is 12.9 Å². The Balaban J connectivity index is 1.99. The fraction of sp³-hybridized carbons (Fsp3) is 0.615. The van der Waals surface area contributed by atoms with E-state index >= 15 is 0 Å². The molecule has 0 aromatic carbocycles. The largest absolute Gasteiger partial charge is 0.394 e. The van der Waals surface area contributed by atoms with Gasteiger partial charge in [0.1, 0.15) is 18.5 Å². The van der Waals surface area contributed by atoms with E-state index < -0.39 is 31.2 Å². The van der Waals surface area contributed by atoms with Gasteiger partial charge in [0, 0.05) is 6.04 Å². The molecule has 1 aliphatic rings. The summed E-state index contributed by atoms with van der Waals surface area (Å²) in [7, 11) is 0. The number of imidazole rings is 1. The molecule has 0 radical (unpaired) electrons. The Morgan fingerprint density at radius 3 is 2.82 bits per heavy atom. The zero-order valence-electron chi connectivity index (χ0n) is 12.2. The molecule has 2 aromatic rings. The van der Waals surface area contributed by atoms with Crippen molar-refractivity contribution in [1.82, 2.24) is 19.5 Å². The first kappa shape index (κ1) is 15.1. The third-order valence-electron chi connectivity index (χ3n) is 3.53. The normalized spacial score (nSPS) is 28.6. The second-order valence-electron chi connectivity index (χ2n) is 5.53. The molecule has 0 spiro atoms. The standard InChI is InChI=1S/C13H18FN5O3/c1-6(2)18-11-9-12(16-4-15-11)19(5-17-9)13-8(14)10(21)7(3-20)22-13/h4-8,10,13,20-21H,3H2,1-2H3,(H,15,16,18)/t7-,8?,10?,13?/m1/s1. The molecular formula is C13H18FN5O3. The van der Waals surface area contributed by atoms with Crippen molar-refractivity contribution in [2.75, 3.05) is 11.9 Å². The van der Waals surface area contributed by atoms with Crippen molar-refractivity contribution in [2.45, 2.75) is 44.5 Å². The highest BCUT2D eigenvalue weighted by Gasteiger charge is 2.45. The highest BCUT2D eigenvalue weighted by molar-refractivity contribution is 5.82. The molecule has 3 rings (SSSR count). The lowest BCUT2D eigenvalue weighted by atomic mass is 10.1. The van der Waals surface area contributed by atoms with Crippen molar-refractivity contribution in [1.29, 1.82) is 0 Å². The number of hydrogen-bond acceptors (Lipinski definition) is 7. The van der Waals surface area contributed by atoms with Gasteiger partial charge in [-0.2, -0.15) is 0 Å². The van der Waals surface area contributed by atoms with Gasteiger partial charge in [0.15, 0.2) is 29.4 Å². The molecule has 0 amide bonds. The minimum absolute atomic E-state index is 0.153. The molecule has 3 unspecified atom stereocenters. The van der Waals surface area contributed by atoms with Crippen LogP contribution >= 0.6 is 0 Å². The first-order valence-electron chi connectivity index (χ1n) is 7.05. The predicted molar refractivity (Wildman–Crippen MR) is 76.0 cm³/mol. The van der Waals surface area contributed by atoms with E-state index in [0.717, 1.165) is 0 Å². The van der Waals surface area contributed by atoms with E-state index in [2.05, 4.69) is 20.3 Å². The summed E-state index contributed by atoms with van der Waals surface area (Å²) < 4.78 is 21.0. The average Bonchev–Trinajstić information content (AvgIpc) is 3.02. The molecule has 9 heteroatoms. The smallest absolute Gasteiger partial charge is 0.173 e. The maximum absolute atomic E-state index is 14.2. The summed E-state index contributed by atoms with van der Waals surface area (Å²) in [6, 6.07) is 0.153. The third kappa shape index (κ3) is 2.40. The molecule has 1 aliphatic heterocycles. The van der Waals surface area contributed by atoms with E-state index in [1.807, 2.05) is 13.8 Å². The number of rotatable bonds is 4. The average molecular weight is 311 g/mol. The van der Waals surface area contributed by atoms with Gasteiger partial charge in [0.2, 0.25) is 0 Å². The molecule has 3 N–H and O–H groups in total.